The Kier molecular flexibility index (Phi) is 8.66. The summed E-state index contributed by atoms with van der Waals surface area (Å²) in [5.74, 6) is -0.724. The van der Waals surface area contributed by atoms with Gasteiger partial charge in [0.25, 0.3) is 0 Å². The molecule has 0 amide bonds. The molecule has 1 N–H and O–H groups in total. The number of carboxylic acids is 1. The van der Waals surface area contributed by atoms with Gasteiger partial charge in [-0.1, -0.05) is 81.8 Å². The van der Waals surface area contributed by atoms with Crippen molar-refractivity contribution in [3.63, 3.8) is 0 Å². The summed E-state index contributed by atoms with van der Waals surface area (Å²) in [5, 5.41) is 9.91. The number of benzene rings is 3. The molecule has 4 aromatic rings. The summed E-state index contributed by atoms with van der Waals surface area (Å²) in [4.78, 5) is 16.3. The van der Waals surface area contributed by atoms with Gasteiger partial charge in [0.05, 0.1) is 23.4 Å². The molecular formula is C31H32FNO3. The SMILES string of the molecule is CCCCCCCCCOc1ccc(-c2ccc(-c3cc(C(=O)O)c4cc(F)ccc4n3)cc2)cc1. The molecule has 5 heteroatoms. The molecule has 0 radical (unpaired) electrons. The third-order valence-corrected chi connectivity index (χ3v) is 6.39. The van der Waals surface area contributed by atoms with Crippen LogP contribution in [0, 0.1) is 5.82 Å². The highest BCUT2D eigenvalue weighted by molar-refractivity contribution is 6.03. The van der Waals surface area contributed by atoms with Gasteiger partial charge >= 0.3 is 5.97 Å². The number of aromatic carboxylic acids is 1. The number of carboxylic acid groups (broad SMARTS) is 1. The average Bonchev–Trinajstić information content (AvgIpc) is 2.90. The Morgan fingerprint density at radius 2 is 1.42 bits per heavy atom. The number of aromatic nitrogens is 1. The minimum Gasteiger partial charge on any atom is -0.494 e. The van der Waals surface area contributed by atoms with E-state index in [-0.39, 0.29) is 10.9 Å². The van der Waals surface area contributed by atoms with E-state index in [1.807, 2.05) is 48.5 Å². The van der Waals surface area contributed by atoms with Crippen LogP contribution in [0.4, 0.5) is 4.39 Å². The molecular weight excluding hydrogens is 453 g/mol. The molecule has 1 aromatic heterocycles. The summed E-state index contributed by atoms with van der Waals surface area (Å²) in [6.45, 7) is 2.98. The maximum absolute atomic E-state index is 13.6. The van der Waals surface area contributed by atoms with Gasteiger partial charge in [0.15, 0.2) is 0 Å². The van der Waals surface area contributed by atoms with Crippen LogP contribution >= 0.6 is 0 Å². The molecule has 0 aliphatic rings. The quantitative estimate of drug-likeness (QED) is 0.204. The fourth-order valence-electron chi connectivity index (χ4n) is 4.35. The molecule has 4 rings (SSSR count). The number of ether oxygens (including phenoxy) is 1. The van der Waals surface area contributed by atoms with Crippen LogP contribution in [0.15, 0.2) is 72.8 Å². The van der Waals surface area contributed by atoms with E-state index >= 15 is 0 Å². The zero-order valence-corrected chi connectivity index (χ0v) is 20.7. The molecule has 0 saturated carbocycles. The van der Waals surface area contributed by atoms with Crippen LogP contribution < -0.4 is 4.74 Å². The number of rotatable bonds is 12. The van der Waals surface area contributed by atoms with Crippen molar-refractivity contribution in [2.45, 2.75) is 51.9 Å². The zero-order valence-electron chi connectivity index (χ0n) is 20.7. The van der Waals surface area contributed by atoms with Crippen molar-refractivity contribution in [3.8, 4) is 28.1 Å². The fourth-order valence-corrected chi connectivity index (χ4v) is 4.35. The molecule has 36 heavy (non-hydrogen) atoms. The third-order valence-electron chi connectivity index (χ3n) is 6.39. The van der Waals surface area contributed by atoms with Crippen LogP contribution in [-0.4, -0.2) is 22.7 Å². The van der Waals surface area contributed by atoms with Crippen molar-refractivity contribution >= 4 is 16.9 Å². The summed E-state index contributed by atoms with van der Waals surface area (Å²) in [5.41, 5.74) is 3.92. The molecule has 0 aliphatic heterocycles. The number of nitrogens with zero attached hydrogens (tertiary/aromatic N) is 1. The molecule has 186 valence electrons. The minimum absolute atomic E-state index is 0.0330. The van der Waals surface area contributed by atoms with E-state index in [0.29, 0.717) is 11.2 Å². The molecule has 0 spiro atoms. The van der Waals surface area contributed by atoms with Gasteiger partial charge in [-0.25, -0.2) is 14.2 Å². The van der Waals surface area contributed by atoms with Crippen LogP contribution in [0.3, 0.4) is 0 Å². The minimum atomic E-state index is -1.11. The summed E-state index contributed by atoms with van der Waals surface area (Å²) in [6.07, 6.45) is 8.84. The van der Waals surface area contributed by atoms with Crippen molar-refractivity contribution in [1.29, 1.82) is 0 Å². The molecule has 0 bridgehead atoms. The number of fused-ring (bicyclic) bond motifs is 1. The van der Waals surface area contributed by atoms with Crippen LogP contribution in [0.25, 0.3) is 33.3 Å². The average molecular weight is 486 g/mol. The highest BCUT2D eigenvalue weighted by atomic mass is 19.1. The van der Waals surface area contributed by atoms with E-state index in [2.05, 4.69) is 11.9 Å². The fraction of sp³-hybridized carbons (Fsp3) is 0.290. The lowest BCUT2D eigenvalue weighted by Gasteiger charge is -2.09. The number of unbranched alkanes of at least 4 members (excludes halogenated alkanes) is 6. The molecule has 4 nitrogen and oxygen atoms in total. The Balaban J connectivity index is 1.39. The molecule has 0 aliphatic carbocycles. The Bertz CT molecular complexity index is 1300. The first-order valence-electron chi connectivity index (χ1n) is 12.7. The highest BCUT2D eigenvalue weighted by Gasteiger charge is 2.14. The summed E-state index contributed by atoms with van der Waals surface area (Å²) in [7, 11) is 0. The first kappa shape index (κ1) is 25.4. The van der Waals surface area contributed by atoms with Gasteiger partial charge in [-0.15, -0.1) is 0 Å². The largest absolute Gasteiger partial charge is 0.494 e. The first-order valence-corrected chi connectivity index (χ1v) is 12.7. The van der Waals surface area contributed by atoms with Gasteiger partial charge in [-0.3, -0.25) is 0 Å². The van der Waals surface area contributed by atoms with Gasteiger partial charge in [0, 0.05) is 10.9 Å². The second-order valence-electron chi connectivity index (χ2n) is 9.09. The second-order valence-corrected chi connectivity index (χ2v) is 9.09. The monoisotopic (exact) mass is 485 g/mol. The molecule has 0 saturated heterocycles. The lowest BCUT2D eigenvalue weighted by molar-refractivity contribution is 0.0699. The zero-order chi connectivity index (χ0) is 25.3. The van der Waals surface area contributed by atoms with E-state index in [4.69, 9.17) is 4.74 Å². The molecule has 1 heterocycles. The third kappa shape index (κ3) is 6.48. The van der Waals surface area contributed by atoms with Crippen molar-refractivity contribution in [2.75, 3.05) is 6.61 Å². The number of hydrogen-bond donors (Lipinski definition) is 1. The lowest BCUT2D eigenvalue weighted by Crippen LogP contribution is -2.00. The van der Waals surface area contributed by atoms with Crippen LogP contribution in [0.2, 0.25) is 0 Å². The van der Waals surface area contributed by atoms with E-state index in [9.17, 15) is 14.3 Å². The Morgan fingerprint density at radius 3 is 2.08 bits per heavy atom. The van der Waals surface area contributed by atoms with Crippen molar-refractivity contribution in [2.24, 2.45) is 0 Å². The number of halogens is 1. The number of carbonyl (C=O) groups is 1. The molecule has 0 fully saturated rings. The summed E-state index contributed by atoms with van der Waals surface area (Å²) < 4.78 is 19.5. The van der Waals surface area contributed by atoms with Crippen LogP contribution in [0.5, 0.6) is 5.75 Å². The first-order chi connectivity index (χ1) is 17.5. The van der Waals surface area contributed by atoms with Gasteiger partial charge in [-0.05, 0) is 53.9 Å². The van der Waals surface area contributed by atoms with E-state index in [1.165, 1.54) is 62.8 Å². The Hall–Kier alpha value is -3.73. The maximum Gasteiger partial charge on any atom is 0.336 e. The molecule has 0 atom stereocenters. The maximum atomic E-state index is 13.6. The van der Waals surface area contributed by atoms with E-state index < -0.39 is 11.8 Å². The van der Waals surface area contributed by atoms with E-state index in [1.54, 1.807) is 0 Å². The van der Waals surface area contributed by atoms with Crippen molar-refractivity contribution in [1.82, 2.24) is 4.98 Å². The predicted molar refractivity (Wildman–Crippen MR) is 143 cm³/mol. The number of pyridine rings is 1. The Labute approximate surface area is 211 Å². The van der Waals surface area contributed by atoms with Crippen LogP contribution in [-0.2, 0) is 0 Å². The van der Waals surface area contributed by atoms with Crippen molar-refractivity contribution < 1.29 is 19.0 Å². The summed E-state index contributed by atoms with van der Waals surface area (Å²) >= 11 is 0. The summed E-state index contributed by atoms with van der Waals surface area (Å²) in [6, 6.07) is 21.4. The second kappa shape index (κ2) is 12.3. The van der Waals surface area contributed by atoms with Crippen LogP contribution in [0.1, 0.15) is 62.2 Å². The number of hydrogen-bond acceptors (Lipinski definition) is 3. The Morgan fingerprint density at radius 1 is 0.806 bits per heavy atom. The standard InChI is InChI=1S/C31H32FNO3/c1-2-3-4-5-6-7-8-19-36-26-16-13-23(14-17-26)22-9-11-24(12-10-22)30-21-28(31(34)35)27-20-25(32)15-18-29(27)33-30/h9-18,20-21H,2-8,19H2,1H3,(H,34,35). The normalized spacial score (nSPS) is 11.1. The lowest BCUT2D eigenvalue weighted by atomic mass is 10.0. The van der Waals surface area contributed by atoms with Gasteiger partial charge < -0.3 is 9.84 Å². The topological polar surface area (TPSA) is 59.4 Å². The molecule has 3 aromatic carbocycles. The van der Waals surface area contributed by atoms with Crippen molar-refractivity contribution in [3.05, 3.63) is 84.2 Å². The van der Waals surface area contributed by atoms with E-state index in [0.717, 1.165) is 35.5 Å². The highest BCUT2D eigenvalue weighted by Crippen LogP contribution is 2.29. The smallest absolute Gasteiger partial charge is 0.336 e. The predicted octanol–water partition coefficient (Wildman–Crippen LogP) is 8.54. The van der Waals surface area contributed by atoms with Gasteiger partial charge in [0.2, 0.25) is 0 Å². The van der Waals surface area contributed by atoms with Gasteiger partial charge in [0.1, 0.15) is 11.6 Å². The molecule has 0 unspecified atom stereocenters. The van der Waals surface area contributed by atoms with Gasteiger partial charge in [-0.2, -0.15) is 0 Å².